The van der Waals surface area contributed by atoms with Gasteiger partial charge < -0.3 is 10.1 Å². The zero-order chi connectivity index (χ0) is 12.1. The van der Waals surface area contributed by atoms with Crippen molar-refractivity contribution in [2.24, 2.45) is 5.92 Å². The summed E-state index contributed by atoms with van der Waals surface area (Å²) in [4.78, 5) is 0. The van der Waals surface area contributed by atoms with Crippen molar-refractivity contribution in [1.29, 1.82) is 0 Å². The van der Waals surface area contributed by atoms with Crippen LogP contribution in [0.1, 0.15) is 24.3 Å². The van der Waals surface area contributed by atoms with Gasteiger partial charge in [0.1, 0.15) is 0 Å². The second kappa shape index (κ2) is 6.39. The number of benzene rings is 1. The van der Waals surface area contributed by atoms with E-state index in [0.717, 1.165) is 31.2 Å². The molecule has 1 aromatic carbocycles. The van der Waals surface area contributed by atoms with E-state index < -0.39 is 0 Å². The molecule has 1 aromatic rings. The van der Waals surface area contributed by atoms with Gasteiger partial charge in [-0.15, -0.1) is 0 Å². The molecule has 0 spiro atoms. The van der Waals surface area contributed by atoms with E-state index >= 15 is 0 Å². The Morgan fingerprint density at radius 2 is 2.29 bits per heavy atom. The second-order valence-corrected chi connectivity index (χ2v) is 5.07. The van der Waals surface area contributed by atoms with Crippen LogP contribution in [0.3, 0.4) is 0 Å². The number of hydrogen-bond donors (Lipinski definition) is 1. The molecule has 2 unspecified atom stereocenters. The molecule has 1 saturated heterocycles. The largest absolute Gasteiger partial charge is 0.381 e. The third-order valence-electron chi connectivity index (χ3n) is 3.49. The Morgan fingerprint density at radius 3 is 2.94 bits per heavy atom. The summed E-state index contributed by atoms with van der Waals surface area (Å²) in [5.74, 6) is 1.03. The summed E-state index contributed by atoms with van der Waals surface area (Å²) in [5.41, 5.74) is 1.25. The molecule has 0 amide bonds. The van der Waals surface area contributed by atoms with Gasteiger partial charge in [0.15, 0.2) is 0 Å². The summed E-state index contributed by atoms with van der Waals surface area (Å²) in [7, 11) is 1.99. The number of hydrogen-bond acceptors (Lipinski definition) is 2. The van der Waals surface area contributed by atoms with Crippen molar-refractivity contribution in [1.82, 2.24) is 5.32 Å². The Bertz CT molecular complexity index is 350. The van der Waals surface area contributed by atoms with Crippen LogP contribution < -0.4 is 5.32 Å². The van der Waals surface area contributed by atoms with Gasteiger partial charge in [0.25, 0.3) is 0 Å². The lowest BCUT2D eigenvalue weighted by Crippen LogP contribution is -2.30. The zero-order valence-electron chi connectivity index (χ0n) is 10.3. The molecule has 1 aliphatic rings. The van der Waals surface area contributed by atoms with E-state index in [4.69, 9.17) is 16.3 Å². The first-order valence-electron chi connectivity index (χ1n) is 6.29. The first-order valence-corrected chi connectivity index (χ1v) is 6.67. The normalized spacial score (nSPS) is 22.4. The van der Waals surface area contributed by atoms with E-state index in [2.05, 4.69) is 17.4 Å². The van der Waals surface area contributed by atoms with Crippen LogP contribution >= 0.6 is 11.6 Å². The molecule has 2 nitrogen and oxygen atoms in total. The first kappa shape index (κ1) is 12.9. The summed E-state index contributed by atoms with van der Waals surface area (Å²) in [6.07, 6.45) is 2.40. The lowest BCUT2D eigenvalue weighted by molar-refractivity contribution is 0.0442. The Hall–Kier alpha value is -0.570. The fourth-order valence-corrected chi connectivity index (χ4v) is 2.89. The van der Waals surface area contributed by atoms with Crippen molar-refractivity contribution in [3.8, 4) is 0 Å². The highest BCUT2D eigenvalue weighted by Crippen LogP contribution is 2.34. The van der Waals surface area contributed by atoms with Crippen molar-refractivity contribution in [2.75, 3.05) is 26.8 Å². The molecule has 1 N–H and O–H groups in total. The van der Waals surface area contributed by atoms with E-state index in [1.54, 1.807) is 0 Å². The Labute approximate surface area is 108 Å². The minimum absolute atomic E-state index is 0.453. The van der Waals surface area contributed by atoms with Crippen molar-refractivity contribution in [3.05, 3.63) is 34.9 Å². The van der Waals surface area contributed by atoms with Crippen molar-refractivity contribution >= 4 is 11.6 Å². The fourth-order valence-electron chi connectivity index (χ4n) is 2.61. The number of ether oxygens (including phenoxy) is 1. The van der Waals surface area contributed by atoms with Crippen LogP contribution in [-0.4, -0.2) is 26.8 Å². The van der Waals surface area contributed by atoms with Crippen molar-refractivity contribution in [3.63, 3.8) is 0 Å². The number of nitrogens with one attached hydrogen (secondary N) is 1. The van der Waals surface area contributed by atoms with E-state index in [0.29, 0.717) is 11.8 Å². The molecule has 0 aliphatic carbocycles. The Kier molecular flexibility index (Phi) is 4.84. The van der Waals surface area contributed by atoms with Gasteiger partial charge in [-0.05, 0) is 37.4 Å². The Morgan fingerprint density at radius 1 is 1.47 bits per heavy atom. The summed E-state index contributed by atoms with van der Waals surface area (Å²) in [5, 5.41) is 4.15. The SMILES string of the molecule is CNCC(c1ccccc1Cl)C1CCCOC1. The lowest BCUT2D eigenvalue weighted by Gasteiger charge is -2.31. The van der Waals surface area contributed by atoms with Gasteiger partial charge in [0, 0.05) is 24.1 Å². The van der Waals surface area contributed by atoms with Gasteiger partial charge >= 0.3 is 0 Å². The zero-order valence-corrected chi connectivity index (χ0v) is 11.0. The highest BCUT2D eigenvalue weighted by atomic mass is 35.5. The predicted molar refractivity (Wildman–Crippen MR) is 71.7 cm³/mol. The fraction of sp³-hybridized carbons (Fsp3) is 0.571. The Balaban J connectivity index is 2.18. The molecule has 1 fully saturated rings. The minimum Gasteiger partial charge on any atom is -0.381 e. The molecule has 17 heavy (non-hydrogen) atoms. The van der Waals surface area contributed by atoms with Gasteiger partial charge in [0.05, 0.1) is 6.61 Å². The molecule has 2 rings (SSSR count). The summed E-state index contributed by atoms with van der Waals surface area (Å²) in [6.45, 7) is 2.72. The lowest BCUT2D eigenvalue weighted by atomic mass is 9.82. The maximum atomic E-state index is 6.31. The third kappa shape index (κ3) is 3.21. The second-order valence-electron chi connectivity index (χ2n) is 4.66. The molecule has 1 heterocycles. The van der Waals surface area contributed by atoms with Gasteiger partial charge in [0.2, 0.25) is 0 Å². The highest BCUT2D eigenvalue weighted by molar-refractivity contribution is 6.31. The maximum Gasteiger partial charge on any atom is 0.0500 e. The number of rotatable bonds is 4. The van der Waals surface area contributed by atoms with Gasteiger partial charge in [-0.2, -0.15) is 0 Å². The van der Waals surface area contributed by atoms with E-state index in [-0.39, 0.29) is 0 Å². The van der Waals surface area contributed by atoms with Crippen molar-refractivity contribution < 1.29 is 4.74 Å². The highest BCUT2D eigenvalue weighted by Gasteiger charge is 2.26. The molecule has 0 bridgehead atoms. The van der Waals surface area contributed by atoms with E-state index in [1.165, 1.54) is 12.0 Å². The molecule has 94 valence electrons. The van der Waals surface area contributed by atoms with Gasteiger partial charge in [-0.25, -0.2) is 0 Å². The minimum atomic E-state index is 0.453. The van der Waals surface area contributed by atoms with Crippen LogP contribution in [0.2, 0.25) is 5.02 Å². The summed E-state index contributed by atoms with van der Waals surface area (Å²) in [6, 6.07) is 8.16. The van der Waals surface area contributed by atoms with Gasteiger partial charge in [-0.1, -0.05) is 29.8 Å². The van der Waals surface area contributed by atoms with Gasteiger partial charge in [-0.3, -0.25) is 0 Å². The third-order valence-corrected chi connectivity index (χ3v) is 3.84. The summed E-state index contributed by atoms with van der Waals surface area (Å²) < 4.78 is 5.60. The standard InChI is InChI=1S/C14H20ClNO/c1-16-9-13(11-5-4-8-17-10-11)12-6-2-3-7-14(12)15/h2-3,6-7,11,13,16H,4-5,8-10H2,1H3. The maximum absolute atomic E-state index is 6.31. The average Bonchev–Trinajstić information content (AvgIpc) is 2.38. The van der Waals surface area contributed by atoms with Crippen molar-refractivity contribution in [2.45, 2.75) is 18.8 Å². The molecule has 3 heteroatoms. The van der Waals surface area contributed by atoms with Crippen LogP contribution in [-0.2, 0) is 4.74 Å². The summed E-state index contributed by atoms with van der Waals surface area (Å²) >= 11 is 6.31. The van der Waals surface area contributed by atoms with E-state index in [9.17, 15) is 0 Å². The first-order chi connectivity index (χ1) is 8.33. The monoisotopic (exact) mass is 253 g/mol. The van der Waals surface area contributed by atoms with Crippen LogP contribution in [0.5, 0.6) is 0 Å². The molecule has 0 radical (unpaired) electrons. The topological polar surface area (TPSA) is 21.3 Å². The number of likely N-dealkylation sites (N-methyl/N-ethyl adjacent to an activating group) is 1. The molecular weight excluding hydrogens is 234 g/mol. The van der Waals surface area contributed by atoms with Crippen LogP contribution in [0.4, 0.5) is 0 Å². The van der Waals surface area contributed by atoms with Crippen LogP contribution in [0.15, 0.2) is 24.3 Å². The van der Waals surface area contributed by atoms with E-state index in [1.807, 2.05) is 19.2 Å². The quantitative estimate of drug-likeness (QED) is 0.891. The smallest absolute Gasteiger partial charge is 0.0500 e. The molecular formula is C14H20ClNO. The average molecular weight is 254 g/mol. The molecule has 0 aromatic heterocycles. The van der Waals surface area contributed by atoms with Crippen LogP contribution in [0, 0.1) is 5.92 Å². The van der Waals surface area contributed by atoms with Crippen LogP contribution in [0.25, 0.3) is 0 Å². The molecule has 2 atom stereocenters. The molecule has 1 aliphatic heterocycles. The molecule has 0 saturated carbocycles. The predicted octanol–water partition coefficient (Wildman–Crippen LogP) is 3.07. The number of halogens is 1.